The highest BCUT2D eigenvalue weighted by molar-refractivity contribution is 5.32. The van der Waals surface area contributed by atoms with Crippen molar-refractivity contribution in [2.45, 2.75) is 58.3 Å². The Labute approximate surface area is 101 Å². The van der Waals surface area contributed by atoms with Gasteiger partial charge in [-0.05, 0) is 36.8 Å². The summed E-state index contributed by atoms with van der Waals surface area (Å²) < 4.78 is 0. The summed E-state index contributed by atoms with van der Waals surface area (Å²) in [5.74, 6) is 0.730. The molecule has 0 unspecified atom stereocenters. The average molecular weight is 217 g/mol. The quantitative estimate of drug-likeness (QED) is 0.579. The number of hydrogen-bond acceptors (Lipinski definition) is 0. The van der Waals surface area contributed by atoms with Crippen LogP contribution in [0.2, 0.25) is 0 Å². The highest BCUT2D eigenvalue weighted by atomic mass is 14.2. The zero-order chi connectivity index (χ0) is 11.8. The summed E-state index contributed by atoms with van der Waals surface area (Å²) in [5, 5.41) is 0. The molecule has 16 heavy (non-hydrogen) atoms. The Morgan fingerprint density at radius 2 is 1.56 bits per heavy atom. The third kappa shape index (κ3) is 4.00. The Hall–Kier alpha value is -0.780. The van der Waals surface area contributed by atoms with Crippen molar-refractivity contribution < 1.29 is 0 Å². The van der Waals surface area contributed by atoms with Gasteiger partial charge in [-0.25, -0.2) is 0 Å². The second-order valence-electron chi connectivity index (χ2n) is 4.68. The van der Waals surface area contributed by atoms with E-state index in [-0.39, 0.29) is 0 Å². The van der Waals surface area contributed by atoms with E-state index in [4.69, 9.17) is 0 Å². The first kappa shape index (κ1) is 13.3. The lowest BCUT2D eigenvalue weighted by atomic mass is 9.86. The molecule has 0 aliphatic rings. The van der Waals surface area contributed by atoms with Gasteiger partial charge in [0.25, 0.3) is 0 Å². The van der Waals surface area contributed by atoms with Gasteiger partial charge in [0.2, 0.25) is 0 Å². The molecule has 0 heteroatoms. The number of rotatable bonds is 7. The van der Waals surface area contributed by atoms with Crippen LogP contribution in [0.25, 0.3) is 0 Å². The third-order valence-electron chi connectivity index (χ3n) is 3.31. The number of benzene rings is 1. The van der Waals surface area contributed by atoms with Gasteiger partial charge in [0.1, 0.15) is 0 Å². The minimum absolute atomic E-state index is 0.730. The van der Waals surface area contributed by atoms with Crippen molar-refractivity contribution in [3.63, 3.8) is 0 Å². The minimum atomic E-state index is 0.730. The summed E-state index contributed by atoms with van der Waals surface area (Å²) in [5.41, 5.74) is 2.70. The molecule has 0 heterocycles. The number of hydrogen-bond donors (Lipinski definition) is 0. The molecule has 1 radical (unpaired) electrons. The van der Waals surface area contributed by atoms with Crippen LogP contribution in [0.1, 0.15) is 69.4 Å². The Bertz CT molecular complexity index is 280. The fourth-order valence-corrected chi connectivity index (χ4v) is 2.29. The highest BCUT2D eigenvalue weighted by Crippen LogP contribution is 2.29. The fraction of sp³-hybridized carbons (Fsp3) is 0.562. The molecule has 0 bridgehead atoms. The smallest absolute Gasteiger partial charge is 0.0159 e. The standard InChI is InChI=1S/C16H25/c1-4-6-11-15(12-7-5-2)16-13-9-8-10-14(16)3/h8-10,13,15H,3-7,11-12H2,1-2H3. The van der Waals surface area contributed by atoms with Gasteiger partial charge in [-0.1, -0.05) is 63.8 Å². The van der Waals surface area contributed by atoms with E-state index in [1.54, 1.807) is 0 Å². The van der Waals surface area contributed by atoms with Crippen molar-refractivity contribution in [2.24, 2.45) is 0 Å². The van der Waals surface area contributed by atoms with Gasteiger partial charge < -0.3 is 0 Å². The largest absolute Gasteiger partial charge is 0.0654 e. The molecule has 89 valence electrons. The normalized spacial score (nSPS) is 11.0. The molecule has 0 spiro atoms. The molecule has 0 atom stereocenters. The van der Waals surface area contributed by atoms with E-state index in [1.165, 1.54) is 49.7 Å². The van der Waals surface area contributed by atoms with Crippen molar-refractivity contribution in [1.29, 1.82) is 0 Å². The maximum absolute atomic E-state index is 4.16. The van der Waals surface area contributed by atoms with Crippen LogP contribution in [0.3, 0.4) is 0 Å². The minimum Gasteiger partial charge on any atom is -0.0654 e. The van der Waals surface area contributed by atoms with Crippen LogP contribution in [-0.2, 0) is 0 Å². The van der Waals surface area contributed by atoms with Crippen molar-refractivity contribution in [3.8, 4) is 0 Å². The van der Waals surface area contributed by atoms with Crippen LogP contribution < -0.4 is 0 Å². The second-order valence-corrected chi connectivity index (χ2v) is 4.68. The van der Waals surface area contributed by atoms with Crippen LogP contribution in [-0.4, -0.2) is 0 Å². The Balaban J connectivity index is 2.70. The van der Waals surface area contributed by atoms with E-state index in [2.05, 4.69) is 45.0 Å². The maximum Gasteiger partial charge on any atom is -0.0159 e. The van der Waals surface area contributed by atoms with E-state index in [1.807, 2.05) is 0 Å². The summed E-state index contributed by atoms with van der Waals surface area (Å²) in [7, 11) is 0. The van der Waals surface area contributed by atoms with Crippen LogP contribution in [0.15, 0.2) is 24.3 Å². The molecular formula is C16H25. The lowest BCUT2D eigenvalue weighted by Crippen LogP contribution is -2.01. The zero-order valence-electron chi connectivity index (χ0n) is 10.8. The summed E-state index contributed by atoms with van der Waals surface area (Å²) in [6, 6.07) is 8.63. The summed E-state index contributed by atoms with van der Waals surface area (Å²) in [6.45, 7) is 8.70. The molecule has 1 aromatic rings. The van der Waals surface area contributed by atoms with Gasteiger partial charge in [-0.3, -0.25) is 0 Å². The Kier molecular flexibility index (Phi) is 6.22. The molecule has 0 aromatic heterocycles. The van der Waals surface area contributed by atoms with Gasteiger partial charge in [0, 0.05) is 0 Å². The van der Waals surface area contributed by atoms with E-state index in [0.717, 1.165) is 5.92 Å². The maximum atomic E-state index is 4.16. The molecule has 0 amide bonds. The summed E-state index contributed by atoms with van der Waals surface area (Å²) in [4.78, 5) is 0. The van der Waals surface area contributed by atoms with Crippen LogP contribution in [0.5, 0.6) is 0 Å². The monoisotopic (exact) mass is 217 g/mol. The molecular weight excluding hydrogens is 192 g/mol. The molecule has 1 rings (SSSR count). The first-order valence-electron chi connectivity index (χ1n) is 6.70. The van der Waals surface area contributed by atoms with Gasteiger partial charge in [0.15, 0.2) is 0 Å². The van der Waals surface area contributed by atoms with Gasteiger partial charge in [-0.2, -0.15) is 0 Å². The van der Waals surface area contributed by atoms with Gasteiger partial charge in [0.05, 0.1) is 0 Å². The highest BCUT2D eigenvalue weighted by Gasteiger charge is 2.12. The second kappa shape index (κ2) is 7.49. The first-order valence-corrected chi connectivity index (χ1v) is 6.70. The topological polar surface area (TPSA) is 0 Å². The van der Waals surface area contributed by atoms with Crippen LogP contribution in [0, 0.1) is 6.92 Å². The predicted molar refractivity (Wildman–Crippen MR) is 72.7 cm³/mol. The molecule has 0 N–H and O–H groups in total. The first-order chi connectivity index (χ1) is 7.79. The lowest BCUT2D eigenvalue weighted by molar-refractivity contribution is 0.524. The molecule has 0 fully saturated rings. The molecule has 0 aliphatic carbocycles. The molecule has 0 aliphatic heterocycles. The molecule has 0 saturated carbocycles. The van der Waals surface area contributed by atoms with Crippen molar-refractivity contribution in [3.05, 3.63) is 42.3 Å². The Morgan fingerprint density at radius 3 is 2.06 bits per heavy atom. The Morgan fingerprint density at radius 1 is 1.00 bits per heavy atom. The van der Waals surface area contributed by atoms with Gasteiger partial charge >= 0.3 is 0 Å². The molecule has 1 aromatic carbocycles. The summed E-state index contributed by atoms with van der Waals surface area (Å²) >= 11 is 0. The zero-order valence-corrected chi connectivity index (χ0v) is 10.8. The van der Waals surface area contributed by atoms with Crippen LogP contribution >= 0.6 is 0 Å². The van der Waals surface area contributed by atoms with Gasteiger partial charge in [-0.15, -0.1) is 0 Å². The molecule has 0 saturated heterocycles. The van der Waals surface area contributed by atoms with Crippen molar-refractivity contribution in [2.75, 3.05) is 0 Å². The van der Waals surface area contributed by atoms with Crippen molar-refractivity contribution in [1.82, 2.24) is 0 Å². The van der Waals surface area contributed by atoms with E-state index >= 15 is 0 Å². The summed E-state index contributed by atoms with van der Waals surface area (Å²) in [6.07, 6.45) is 7.90. The third-order valence-corrected chi connectivity index (χ3v) is 3.31. The van der Waals surface area contributed by atoms with Crippen molar-refractivity contribution >= 4 is 0 Å². The average Bonchev–Trinajstić information content (AvgIpc) is 2.31. The van der Waals surface area contributed by atoms with Crippen LogP contribution in [0.4, 0.5) is 0 Å². The number of unbranched alkanes of at least 4 members (excludes halogenated alkanes) is 2. The lowest BCUT2D eigenvalue weighted by Gasteiger charge is -2.19. The van der Waals surface area contributed by atoms with E-state index in [0.29, 0.717) is 0 Å². The van der Waals surface area contributed by atoms with E-state index < -0.39 is 0 Å². The SMILES string of the molecule is [CH2]c1ccccc1C(CCCC)CCCC. The van der Waals surface area contributed by atoms with E-state index in [9.17, 15) is 0 Å². The molecule has 0 nitrogen and oxygen atoms in total. The fourth-order valence-electron chi connectivity index (χ4n) is 2.29. The predicted octanol–water partition coefficient (Wildman–Crippen LogP) is 5.33.